The van der Waals surface area contributed by atoms with Crippen molar-refractivity contribution in [1.29, 1.82) is 5.26 Å². The molecule has 1 atom stereocenters. The Morgan fingerprint density at radius 2 is 1.74 bits per heavy atom. The molecule has 2 heterocycles. The van der Waals surface area contributed by atoms with Crippen LogP contribution in [-0.4, -0.2) is 21.0 Å². The van der Waals surface area contributed by atoms with Crippen LogP contribution in [0.5, 0.6) is 0 Å². The van der Waals surface area contributed by atoms with Crippen LogP contribution >= 0.6 is 0 Å². The minimum atomic E-state index is -0.575. The molecule has 172 valence electrons. The molecule has 1 aliphatic carbocycles. The number of carbonyl (C=O) groups excluding carboxylic acids is 1. The first-order chi connectivity index (χ1) is 16.9. The van der Waals surface area contributed by atoms with Gasteiger partial charge in [-0.1, -0.05) is 62.4 Å². The van der Waals surface area contributed by atoms with Gasteiger partial charge in [0.05, 0.1) is 17.6 Å². The Morgan fingerprint density at radius 1 is 1.09 bits per heavy atom. The summed E-state index contributed by atoms with van der Waals surface area (Å²) in [6, 6.07) is 20.7. The van der Waals surface area contributed by atoms with Crippen LogP contribution in [0, 0.1) is 16.7 Å². The van der Waals surface area contributed by atoms with Gasteiger partial charge in [0, 0.05) is 17.7 Å². The molecular weight excluding hydrogens is 436 g/mol. The number of benzene rings is 3. The van der Waals surface area contributed by atoms with Crippen LogP contribution in [0.2, 0.25) is 0 Å². The van der Waals surface area contributed by atoms with Gasteiger partial charge in [0.25, 0.3) is 0 Å². The number of nitrogens with zero attached hydrogens (tertiary/aromatic N) is 4. The van der Waals surface area contributed by atoms with E-state index in [1.54, 1.807) is 4.90 Å². The van der Waals surface area contributed by atoms with Crippen LogP contribution in [0.25, 0.3) is 21.5 Å². The smallest absolute Gasteiger partial charge is 0.231 e. The SMILES string of the molecule is CC1(C)CC(=O)C2=C(C1)N(c1ncn[nH]1)C(N)=C(C#N)C2c1c2ccccc2cc2ccccc12. The van der Waals surface area contributed by atoms with Crippen molar-refractivity contribution in [2.45, 2.75) is 32.6 Å². The van der Waals surface area contributed by atoms with Gasteiger partial charge < -0.3 is 5.73 Å². The number of H-pyrrole nitrogens is 1. The first kappa shape index (κ1) is 21.1. The molecular formula is C28H24N6O. The summed E-state index contributed by atoms with van der Waals surface area (Å²) >= 11 is 0. The molecule has 3 N–H and O–H groups in total. The molecule has 4 aromatic rings. The average molecular weight is 461 g/mol. The fraction of sp³-hybridized carbons (Fsp3) is 0.214. The zero-order chi connectivity index (χ0) is 24.3. The molecule has 0 spiro atoms. The largest absolute Gasteiger partial charge is 0.384 e. The van der Waals surface area contributed by atoms with E-state index in [2.05, 4.69) is 65.4 Å². The number of carbonyl (C=O) groups is 1. The number of ketones is 1. The average Bonchev–Trinajstić information content (AvgIpc) is 3.35. The summed E-state index contributed by atoms with van der Waals surface area (Å²) in [7, 11) is 0. The molecule has 1 aliphatic heterocycles. The number of fused-ring (bicyclic) bond motifs is 2. The third-order valence-corrected chi connectivity index (χ3v) is 7.10. The standard InChI is InChI=1S/C28H24N6O/c1-28(2)12-21-25(22(35)13-28)24(20(14-29)26(30)34(21)27-31-15-32-33-27)23-18-9-5-3-7-16(18)11-17-8-4-6-10-19(17)23/h3-11,15,24H,12-13,30H2,1-2H3,(H,31,32,33). The summed E-state index contributed by atoms with van der Waals surface area (Å²) in [5, 5.41) is 21.4. The summed E-state index contributed by atoms with van der Waals surface area (Å²) in [6.45, 7) is 4.16. The van der Waals surface area contributed by atoms with Crippen molar-refractivity contribution < 1.29 is 4.79 Å². The molecule has 0 saturated heterocycles. The van der Waals surface area contributed by atoms with Crippen LogP contribution < -0.4 is 10.6 Å². The lowest BCUT2D eigenvalue weighted by atomic mass is 9.67. The fourth-order valence-electron chi connectivity index (χ4n) is 5.71. The van der Waals surface area contributed by atoms with E-state index in [1.165, 1.54) is 6.33 Å². The van der Waals surface area contributed by atoms with Crippen molar-refractivity contribution in [3.63, 3.8) is 0 Å². The predicted molar refractivity (Wildman–Crippen MR) is 135 cm³/mol. The lowest BCUT2D eigenvalue weighted by molar-refractivity contribution is -0.118. The maximum absolute atomic E-state index is 13.9. The van der Waals surface area contributed by atoms with Gasteiger partial charge in [0.2, 0.25) is 5.95 Å². The van der Waals surface area contributed by atoms with Crippen LogP contribution in [-0.2, 0) is 4.79 Å². The van der Waals surface area contributed by atoms with Gasteiger partial charge in [0.1, 0.15) is 12.1 Å². The third kappa shape index (κ3) is 3.14. The van der Waals surface area contributed by atoms with E-state index in [1.807, 2.05) is 24.3 Å². The Balaban J connectivity index is 1.75. The first-order valence-electron chi connectivity index (χ1n) is 11.6. The zero-order valence-corrected chi connectivity index (χ0v) is 19.5. The van der Waals surface area contributed by atoms with Gasteiger partial charge in [-0.15, -0.1) is 0 Å². The van der Waals surface area contributed by atoms with Crippen molar-refractivity contribution in [1.82, 2.24) is 15.2 Å². The van der Waals surface area contributed by atoms with Crippen LogP contribution in [0.15, 0.2) is 83.6 Å². The summed E-state index contributed by atoms with van der Waals surface area (Å²) in [5.74, 6) is 0.127. The number of allylic oxidation sites excluding steroid dienone is 3. The van der Waals surface area contributed by atoms with Crippen LogP contribution in [0.1, 0.15) is 38.2 Å². The number of Topliss-reactive ketones (excluding diaryl/α,β-unsaturated/α-hetero) is 1. The van der Waals surface area contributed by atoms with E-state index in [9.17, 15) is 10.1 Å². The second kappa shape index (κ2) is 7.54. The fourth-order valence-corrected chi connectivity index (χ4v) is 5.71. The summed E-state index contributed by atoms with van der Waals surface area (Å²) < 4.78 is 0. The lowest BCUT2D eigenvalue weighted by Gasteiger charge is -2.43. The summed E-state index contributed by atoms with van der Waals surface area (Å²) in [6.07, 6.45) is 2.41. The Bertz CT molecular complexity index is 1570. The molecule has 2 aliphatic rings. The molecule has 0 saturated carbocycles. The minimum Gasteiger partial charge on any atom is -0.384 e. The van der Waals surface area contributed by atoms with Crippen molar-refractivity contribution in [2.24, 2.45) is 11.1 Å². The van der Waals surface area contributed by atoms with Gasteiger partial charge >= 0.3 is 0 Å². The maximum atomic E-state index is 13.9. The molecule has 0 fully saturated rings. The summed E-state index contributed by atoms with van der Waals surface area (Å²) in [5.41, 5.74) is 9.15. The highest BCUT2D eigenvalue weighted by molar-refractivity contribution is 6.08. The number of aromatic nitrogens is 3. The van der Waals surface area contributed by atoms with E-state index in [0.717, 1.165) is 32.8 Å². The number of hydrogen-bond donors (Lipinski definition) is 2. The molecule has 1 unspecified atom stereocenters. The van der Waals surface area contributed by atoms with E-state index in [4.69, 9.17) is 5.73 Å². The van der Waals surface area contributed by atoms with Crippen molar-refractivity contribution >= 4 is 33.3 Å². The molecule has 0 radical (unpaired) electrons. The number of aromatic amines is 1. The number of anilines is 1. The number of nitrogens with one attached hydrogen (secondary N) is 1. The molecule has 1 aromatic heterocycles. The van der Waals surface area contributed by atoms with Gasteiger partial charge in [-0.2, -0.15) is 15.3 Å². The summed E-state index contributed by atoms with van der Waals surface area (Å²) in [4.78, 5) is 19.9. The van der Waals surface area contributed by atoms with Crippen LogP contribution in [0.4, 0.5) is 5.95 Å². The van der Waals surface area contributed by atoms with Gasteiger partial charge in [-0.3, -0.25) is 9.69 Å². The molecule has 3 aromatic carbocycles. The van der Waals surface area contributed by atoms with E-state index >= 15 is 0 Å². The first-order valence-corrected chi connectivity index (χ1v) is 11.6. The molecule has 7 nitrogen and oxygen atoms in total. The number of hydrogen-bond acceptors (Lipinski definition) is 6. The number of nitriles is 1. The van der Waals surface area contributed by atoms with E-state index < -0.39 is 5.92 Å². The van der Waals surface area contributed by atoms with E-state index in [-0.39, 0.29) is 17.0 Å². The molecule has 0 bridgehead atoms. The number of nitrogens with two attached hydrogens (primary N) is 1. The second-order valence-electron chi connectivity index (χ2n) is 10.0. The minimum absolute atomic E-state index is 0.0306. The van der Waals surface area contributed by atoms with Crippen molar-refractivity contribution in [2.75, 3.05) is 4.90 Å². The highest BCUT2D eigenvalue weighted by atomic mass is 16.1. The monoisotopic (exact) mass is 460 g/mol. The predicted octanol–water partition coefficient (Wildman–Crippen LogP) is 5.05. The highest BCUT2D eigenvalue weighted by Crippen LogP contribution is 2.51. The van der Waals surface area contributed by atoms with E-state index in [0.29, 0.717) is 29.9 Å². The normalized spacial score (nSPS) is 19.9. The molecule has 0 amide bonds. The molecule has 7 heteroatoms. The third-order valence-electron chi connectivity index (χ3n) is 7.10. The Labute approximate surface area is 202 Å². The Kier molecular flexibility index (Phi) is 4.55. The zero-order valence-electron chi connectivity index (χ0n) is 19.5. The molecule has 6 rings (SSSR count). The van der Waals surface area contributed by atoms with Crippen LogP contribution in [0.3, 0.4) is 0 Å². The second-order valence-corrected chi connectivity index (χ2v) is 10.0. The maximum Gasteiger partial charge on any atom is 0.231 e. The molecule has 35 heavy (non-hydrogen) atoms. The van der Waals surface area contributed by atoms with Crippen molar-refractivity contribution in [3.05, 3.63) is 89.2 Å². The van der Waals surface area contributed by atoms with Gasteiger partial charge in [-0.05, 0) is 45.0 Å². The Morgan fingerprint density at radius 3 is 2.34 bits per heavy atom. The quantitative estimate of drug-likeness (QED) is 0.405. The van der Waals surface area contributed by atoms with Gasteiger partial charge in [-0.25, -0.2) is 5.10 Å². The van der Waals surface area contributed by atoms with Crippen molar-refractivity contribution in [3.8, 4) is 6.07 Å². The topological polar surface area (TPSA) is 112 Å². The lowest BCUT2D eigenvalue weighted by Crippen LogP contribution is -2.42. The Hall–Kier alpha value is -4.44. The van der Waals surface area contributed by atoms with Gasteiger partial charge in [0.15, 0.2) is 5.78 Å². The number of rotatable bonds is 2. The highest BCUT2D eigenvalue weighted by Gasteiger charge is 2.46.